The third-order valence-corrected chi connectivity index (χ3v) is 2.30. The maximum Gasteiger partial charge on any atom is 0.225 e. The van der Waals surface area contributed by atoms with Gasteiger partial charge in [-0.25, -0.2) is 4.39 Å². The largest absolute Gasteiger partial charge is 0.324 e. The normalized spacial score (nSPS) is 10.1. The van der Waals surface area contributed by atoms with Crippen LogP contribution in [0.15, 0.2) is 22.7 Å². The van der Waals surface area contributed by atoms with Crippen molar-refractivity contribution in [2.24, 2.45) is 0 Å². The van der Waals surface area contributed by atoms with Crippen LogP contribution in [0.4, 0.5) is 10.1 Å². The number of amides is 1. The van der Waals surface area contributed by atoms with Crippen molar-refractivity contribution in [3.05, 3.63) is 28.5 Å². The van der Waals surface area contributed by atoms with Crippen LogP contribution in [-0.2, 0) is 4.79 Å². The fraction of sp³-hybridized carbons (Fsp3) is 0.300. The number of carbonyl (C=O) groups excluding carboxylic acids is 1. The Kier molecular flexibility index (Phi) is 4.71. The molecule has 1 aromatic carbocycles. The van der Waals surface area contributed by atoms with Crippen molar-refractivity contribution < 1.29 is 9.18 Å². The van der Waals surface area contributed by atoms with Crippen molar-refractivity contribution in [2.45, 2.75) is 6.42 Å². The molecule has 3 nitrogen and oxygen atoms in total. The highest BCUT2D eigenvalue weighted by atomic mass is 79.9. The monoisotopic (exact) mass is 274 g/mol. The molecule has 1 amide bonds. The first-order chi connectivity index (χ1) is 7.13. The molecule has 15 heavy (non-hydrogen) atoms. The molecule has 0 heterocycles. The van der Waals surface area contributed by atoms with Crippen molar-refractivity contribution in [1.29, 1.82) is 0 Å². The molecule has 0 aliphatic carbocycles. The van der Waals surface area contributed by atoms with E-state index in [4.69, 9.17) is 0 Å². The van der Waals surface area contributed by atoms with Crippen molar-refractivity contribution in [3.63, 3.8) is 0 Å². The molecule has 2 N–H and O–H groups in total. The number of hydrogen-bond donors (Lipinski definition) is 2. The van der Waals surface area contributed by atoms with Gasteiger partial charge in [0.15, 0.2) is 0 Å². The lowest BCUT2D eigenvalue weighted by Crippen LogP contribution is -2.19. The van der Waals surface area contributed by atoms with Gasteiger partial charge in [-0.3, -0.25) is 4.79 Å². The number of hydrogen-bond acceptors (Lipinski definition) is 2. The van der Waals surface area contributed by atoms with Crippen molar-refractivity contribution >= 4 is 27.5 Å². The average Bonchev–Trinajstić information content (AvgIpc) is 2.20. The highest BCUT2D eigenvalue weighted by Crippen LogP contribution is 2.19. The Labute approximate surface area is 96.2 Å². The van der Waals surface area contributed by atoms with Gasteiger partial charge < -0.3 is 10.6 Å². The smallest absolute Gasteiger partial charge is 0.225 e. The van der Waals surface area contributed by atoms with E-state index in [1.54, 1.807) is 13.1 Å². The molecule has 0 saturated carbocycles. The number of nitrogens with one attached hydrogen (secondary N) is 2. The molecule has 0 fully saturated rings. The molecule has 0 aliphatic rings. The minimum Gasteiger partial charge on any atom is -0.324 e. The van der Waals surface area contributed by atoms with E-state index in [1.165, 1.54) is 12.1 Å². The van der Waals surface area contributed by atoms with Gasteiger partial charge in [0.05, 0.1) is 5.69 Å². The number of anilines is 1. The summed E-state index contributed by atoms with van der Waals surface area (Å²) in [6, 6.07) is 4.42. The molecular weight excluding hydrogens is 263 g/mol. The van der Waals surface area contributed by atoms with Gasteiger partial charge in [0.25, 0.3) is 0 Å². The first-order valence-electron chi connectivity index (χ1n) is 4.53. The molecule has 0 unspecified atom stereocenters. The van der Waals surface area contributed by atoms with Crippen LogP contribution in [0.2, 0.25) is 0 Å². The second-order valence-corrected chi connectivity index (χ2v) is 3.94. The van der Waals surface area contributed by atoms with Gasteiger partial charge in [-0.05, 0) is 25.2 Å². The molecule has 1 rings (SSSR count). The zero-order valence-corrected chi connectivity index (χ0v) is 9.90. The minimum atomic E-state index is -0.434. The van der Waals surface area contributed by atoms with E-state index in [0.29, 0.717) is 13.0 Å². The fourth-order valence-electron chi connectivity index (χ4n) is 1.04. The van der Waals surface area contributed by atoms with E-state index < -0.39 is 5.82 Å². The van der Waals surface area contributed by atoms with Gasteiger partial charge in [0.1, 0.15) is 5.82 Å². The number of benzene rings is 1. The zero-order chi connectivity index (χ0) is 11.3. The van der Waals surface area contributed by atoms with Crippen LogP contribution in [0, 0.1) is 5.82 Å². The maximum absolute atomic E-state index is 13.2. The first kappa shape index (κ1) is 12.1. The average molecular weight is 275 g/mol. The first-order valence-corrected chi connectivity index (χ1v) is 5.32. The summed E-state index contributed by atoms with van der Waals surface area (Å²) in [4.78, 5) is 11.3. The lowest BCUT2D eigenvalue weighted by Gasteiger charge is -2.06. The molecule has 0 bridgehead atoms. The van der Waals surface area contributed by atoms with Crippen molar-refractivity contribution in [1.82, 2.24) is 5.32 Å². The third kappa shape index (κ3) is 3.97. The predicted octanol–water partition coefficient (Wildman–Crippen LogP) is 2.14. The van der Waals surface area contributed by atoms with Crippen LogP contribution in [0.5, 0.6) is 0 Å². The summed E-state index contributed by atoms with van der Waals surface area (Å²) >= 11 is 3.21. The van der Waals surface area contributed by atoms with Gasteiger partial charge in [-0.2, -0.15) is 0 Å². The second kappa shape index (κ2) is 5.82. The highest BCUT2D eigenvalue weighted by molar-refractivity contribution is 9.10. The van der Waals surface area contributed by atoms with E-state index in [-0.39, 0.29) is 11.6 Å². The number of rotatable bonds is 4. The van der Waals surface area contributed by atoms with Crippen LogP contribution in [0.25, 0.3) is 0 Å². The van der Waals surface area contributed by atoms with E-state index in [1.807, 2.05) is 0 Å². The van der Waals surface area contributed by atoms with Crippen LogP contribution in [0.3, 0.4) is 0 Å². The van der Waals surface area contributed by atoms with Gasteiger partial charge in [-0.15, -0.1) is 0 Å². The van der Waals surface area contributed by atoms with Crippen LogP contribution >= 0.6 is 15.9 Å². The summed E-state index contributed by atoms with van der Waals surface area (Å²) in [5.41, 5.74) is 0.200. The molecule has 1 aromatic rings. The Morgan fingerprint density at radius 3 is 2.93 bits per heavy atom. The Morgan fingerprint density at radius 2 is 2.27 bits per heavy atom. The van der Waals surface area contributed by atoms with Crippen LogP contribution < -0.4 is 10.6 Å². The molecule has 0 saturated heterocycles. The van der Waals surface area contributed by atoms with E-state index in [2.05, 4.69) is 26.6 Å². The molecule has 82 valence electrons. The second-order valence-electron chi connectivity index (χ2n) is 3.03. The summed E-state index contributed by atoms with van der Waals surface area (Å²) in [6.07, 6.45) is 0.322. The summed E-state index contributed by atoms with van der Waals surface area (Å²) in [5, 5.41) is 5.35. The lowest BCUT2D eigenvalue weighted by atomic mass is 10.3. The SMILES string of the molecule is CNCCC(=O)Nc1cc(Br)ccc1F. The Hall–Kier alpha value is -0.940. The predicted molar refractivity (Wildman–Crippen MR) is 61.3 cm³/mol. The maximum atomic E-state index is 13.2. The van der Waals surface area contributed by atoms with Crippen molar-refractivity contribution in [3.8, 4) is 0 Å². The summed E-state index contributed by atoms with van der Waals surface area (Å²) < 4.78 is 13.9. The van der Waals surface area contributed by atoms with Gasteiger partial charge in [0.2, 0.25) is 5.91 Å². The summed E-state index contributed by atoms with van der Waals surface area (Å²) in [7, 11) is 1.76. The molecule has 0 radical (unpaired) electrons. The summed E-state index contributed by atoms with van der Waals surface area (Å²) in [6.45, 7) is 0.571. The van der Waals surface area contributed by atoms with Gasteiger partial charge in [-0.1, -0.05) is 15.9 Å². The van der Waals surface area contributed by atoms with Crippen LogP contribution in [-0.4, -0.2) is 19.5 Å². The molecule has 0 aliphatic heterocycles. The standard InChI is InChI=1S/C10H12BrFN2O/c1-13-5-4-10(15)14-9-6-7(11)2-3-8(9)12/h2-3,6,13H,4-5H2,1H3,(H,14,15). The topological polar surface area (TPSA) is 41.1 Å². The molecule has 5 heteroatoms. The number of carbonyl (C=O) groups is 1. The van der Waals surface area contributed by atoms with Crippen LogP contribution in [0.1, 0.15) is 6.42 Å². The molecule has 0 spiro atoms. The quantitative estimate of drug-likeness (QED) is 0.883. The Bertz CT molecular complexity index is 357. The van der Waals surface area contributed by atoms with Crippen molar-refractivity contribution in [2.75, 3.05) is 18.9 Å². The minimum absolute atomic E-state index is 0.200. The van der Waals surface area contributed by atoms with Gasteiger partial charge in [0, 0.05) is 17.4 Å². The highest BCUT2D eigenvalue weighted by Gasteiger charge is 2.06. The lowest BCUT2D eigenvalue weighted by molar-refractivity contribution is -0.116. The van der Waals surface area contributed by atoms with Gasteiger partial charge >= 0.3 is 0 Å². The Balaban J connectivity index is 2.63. The van der Waals surface area contributed by atoms with E-state index in [9.17, 15) is 9.18 Å². The zero-order valence-electron chi connectivity index (χ0n) is 8.31. The molecular formula is C10H12BrFN2O. The third-order valence-electron chi connectivity index (χ3n) is 1.80. The summed E-state index contributed by atoms with van der Waals surface area (Å²) in [5.74, 6) is -0.641. The molecule has 0 aromatic heterocycles. The van der Waals surface area contributed by atoms with E-state index >= 15 is 0 Å². The number of halogens is 2. The fourth-order valence-corrected chi connectivity index (χ4v) is 1.41. The van der Waals surface area contributed by atoms with E-state index in [0.717, 1.165) is 4.47 Å². The molecule has 0 atom stereocenters. The Morgan fingerprint density at radius 1 is 1.53 bits per heavy atom.